The molecule has 3 heterocycles. The summed E-state index contributed by atoms with van der Waals surface area (Å²) in [5.41, 5.74) is 3.81. The Morgan fingerprint density at radius 1 is 1.10 bits per heavy atom. The van der Waals surface area contributed by atoms with E-state index < -0.39 is 0 Å². The summed E-state index contributed by atoms with van der Waals surface area (Å²) in [4.78, 5) is 32.2. The lowest BCUT2D eigenvalue weighted by molar-refractivity contribution is -0.126. The van der Waals surface area contributed by atoms with Crippen LogP contribution in [0, 0.1) is 19.8 Å². The van der Waals surface area contributed by atoms with E-state index in [1.807, 2.05) is 30.9 Å². The molecule has 2 aromatic rings. The number of amides is 2. The van der Waals surface area contributed by atoms with Crippen LogP contribution in [0.1, 0.15) is 58.7 Å². The van der Waals surface area contributed by atoms with Gasteiger partial charge in [0.15, 0.2) is 0 Å². The molecule has 0 saturated carbocycles. The van der Waals surface area contributed by atoms with Gasteiger partial charge in [0, 0.05) is 37.8 Å². The number of benzene rings is 1. The molecule has 0 radical (unpaired) electrons. The number of carbonyl (C=O) groups is 2. The summed E-state index contributed by atoms with van der Waals surface area (Å²) in [6.07, 6.45) is 7.14. The van der Waals surface area contributed by atoms with E-state index in [1.54, 1.807) is 0 Å². The SMILES string of the molecule is Cc1cc(C)cc(C(=O)N2CCCC(C(=O)NCc3cn4c(n3)CCCC4)C2)c1. The number of rotatable bonds is 4. The van der Waals surface area contributed by atoms with Crippen LogP contribution in [0.15, 0.2) is 24.4 Å². The number of nitrogens with zero attached hydrogens (tertiary/aromatic N) is 3. The zero-order valence-electron chi connectivity index (χ0n) is 17.4. The predicted molar refractivity (Wildman–Crippen MR) is 112 cm³/mol. The maximum Gasteiger partial charge on any atom is 0.253 e. The van der Waals surface area contributed by atoms with Crippen molar-refractivity contribution < 1.29 is 9.59 Å². The largest absolute Gasteiger partial charge is 0.350 e. The topological polar surface area (TPSA) is 67.2 Å². The molecule has 1 saturated heterocycles. The van der Waals surface area contributed by atoms with Gasteiger partial charge >= 0.3 is 0 Å². The molecule has 6 nitrogen and oxygen atoms in total. The number of hydrogen-bond acceptors (Lipinski definition) is 3. The maximum atomic E-state index is 12.9. The van der Waals surface area contributed by atoms with Crippen LogP contribution >= 0.6 is 0 Å². The molecule has 2 aliphatic rings. The Kier molecular flexibility index (Phi) is 5.69. The zero-order valence-corrected chi connectivity index (χ0v) is 17.4. The van der Waals surface area contributed by atoms with E-state index in [4.69, 9.17) is 0 Å². The van der Waals surface area contributed by atoms with Crippen molar-refractivity contribution in [2.24, 2.45) is 5.92 Å². The molecule has 0 aliphatic carbocycles. The van der Waals surface area contributed by atoms with Crippen LogP contribution < -0.4 is 5.32 Å². The number of imidazole rings is 1. The van der Waals surface area contributed by atoms with Crippen LogP contribution in [0.2, 0.25) is 0 Å². The van der Waals surface area contributed by atoms with E-state index in [2.05, 4.69) is 27.1 Å². The van der Waals surface area contributed by atoms with Gasteiger partial charge in [-0.15, -0.1) is 0 Å². The van der Waals surface area contributed by atoms with Gasteiger partial charge in [0.25, 0.3) is 5.91 Å². The monoisotopic (exact) mass is 394 g/mol. The number of aromatic nitrogens is 2. The van der Waals surface area contributed by atoms with Crippen LogP contribution in [-0.2, 0) is 24.3 Å². The third-order valence-electron chi connectivity index (χ3n) is 5.95. The Morgan fingerprint density at radius 2 is 1.90 bits per heavy atom. The number of fused-ring (bicyclic) bond motifs is 1. The van der Waals surface area contributed by atoms with Crippen LogP contribution in [0.5, 0.6) is 0 Å². The predicted octanol–water partition coefficient (Wildman–Crippen LogP) is 3.00. The van der Waals surface area contributed by atoms with Gasteiger partial charge in [-0.25, -0.2) is 4.98 Å². The summed E-state index contributed by atoms with van der Waals surface area (Å²) in [5, 5.41) is 3.04. The third kappa shape index (κ3) is 4.52. The summed E-state index contributed by atoms with van der Waals surface area (Å²) in [6, 6.07) is 5.93. The molecule has 1 N–H and O–H groups in total. The molecule has 6 heteroatoms. The summed E-state index contributed by atoms with van der Waals surface area (Å²) < 4.78 is 2.20. The van der Waals surface area contributed by atoms with Gasteiger partial charge in [0.05, 0.1) is 18.2 Å². The second kappa shape index (κ2) is 8.39. The van der Waals surface area contributed by atoms with Crippen molar-refractivity contribution in [1.29, 1.82) is 0 Å². The molecule has 154 valence electrons. The quantitative estimate of drug-likeness (QED) is 0.867. The van der Waals surface area contributed by atoms with Gasteiger partial charge in [-0.1, -0.05) is 17.2 Å². The standard InChI is InChI=1S/C23H30N4O2/c1-16-10-17(2)12-19(11-16)23(29)27-9-5-6-18(14-27)22(28)24-13-20-15-26-8-4-3-7-21(26)25-20/h10-12,15,18H,3-9,13-14H2,1-2H3,(H,24,28). The minimum atomic E-state index is -0.157. The van der Waals surface area contributed by atoms with Gasteiger partial charge in [0.2, 0.25) is 5.91 Å². The van der Waals surface area contributed by atoms with Crippen molar-refractivity contribution in [3.63, 3.8) is 0 Å². The first-order valence-corrected chi connectivity index (χ1v) is 10.7. The van der Waals surface area contributed by atoms with E-state index >= 15 is 0 Å². The van der Waals surface area contributed by atoms with Crippen molar-refractivity contribution in [1.82, 2.24) is 19.8 Å². The van der Waals surface area contributed by atoms with E-state index in [1.165, 1.54) is 12.8 Å². The molecule has 1 unspecified atom stereocenters. The second-order valence-corrected chi connectivity index (χ2v) is 8.48. The van der Waals surface area contributed by atoms with Gasteiger partial charge in [-0.3, -0.25) is 9.59 Å². The fourth-order valence-corrected chi connectivity index (χ4v) is 4.54. The molecule has 1 aromatic heterocycles. The Balaban J connectivity index is 1.35. The average Bonchev–Trinajstić information content (AvgIpc) is 3.14. The van der Waals surface area contributed by atoms with Crippen molar-refractivity contribution in [3.8, 4) is 0 Å². The fraction of sp³-hybridized carbons (Fsp3) is 0.522. The lowest BCUT2D eigenvalue weighted by Crippen LogP contribution is -2.45. The Labute approximate surface area is 172 Å². The smallest absolute Gasteiger partial charge is 0.253 e. The summed E-state index contributed by atoms with van der Waals surface area (Å²) in [7, 11) is 0. The molecule has 2 aliphatic heterocycles. The molecule has 2 amide bonds. The highest BCUT2D eigenvalue weighted by atomic mass is 16.2. The maximum absolute atomic E-state index is 12.9. The van der Waals surface area contributed by atoms with Gasteiger partial charge < -0.3 is 14.8 Å². The molecular weight excluding hydrogens is 364 g/mol. The van der Waals surface area contributed by atoms with Gasteiger partial charge in [-0.2, -0.15) is 0 Å². The Morgan fingerprint density at radius 3 is 2.66 bits per heavy atom. The van der Waals surface area contributed by atoms with E-state index in [0.717, 1.165) is 48.5 Å². The average molecular weight is 395 g/mol. The lowest BCUT2D eigenvalue weighted by atomic mass is 9.96. The number of aryl methyl sites for hydroxylation is 4. The van der Waals surface area contributed by atoms with Crippen molar-refractivity contribution in [2.45, 2.75) is 59.0 Å². The Hall–Kier alpha value is -2.63. The first-order valence-electron chi connectivity index (χ1n) is 10.7. The van der Waals surface area contributed by atoms with Crippen LogP contribution in [-0.4, -0.2) is 39.4 Å². The summed E-state index contributed by atoms with van der Waals surface area (Å²) in [6.45, 7) is 6.68. The molecule has 1 atom stereocenters. The van der Waals surface area contributed by atoms with Crippen molar-refractivity contribution >= 4 is 11.8 Å². The van der Waals surface area contributed by atoms with Crippen molar-refractivity contribution in [3.05, 3.63) is 52.6 Å². The number of nitrogens with one attached hydrogen (secondary N) is 1. The molecule has 29 heavy (non-hydrogen) atoms. The third-order valence-corrected chi connectivity index (χ3v) is 5.95. The van der Waals surface area contributed by atoms with Crippen LogP contribution in [0.4, 0.5) is 0 Å². The molecular formula is C23H30N4O2. The van der Waals surface area contributed by atoms with Crippen LogP contribution in [0.25, 0.3) is 0 Å². The highest BCUT2D eigenvalue weighted by Gasteiger charge is 2.29. The molecule has 1 aromatic carbocycles. The molecule has 0 spiro atoms. The fourth-order valence-electron chi connectivity index (χ4n) is 4.54. The first-order chi connectivity index (χ1) is 14.0. The number of piperidine rings is 1. The molecule has 1 fully saturated rings. The van der Waals surface area contributed by atoms with E-state index in [-0.39, 0.29) is 17.7 Å². The second-order valence-electron chi connectivity index (χ2n) is 8.48. The first kappa shape index (κ1) is 19.7. The summed E-state index contributed by atoms with van der Waals surface area (Å²) in [5.74, 6) is 1.02. The van der Waals surface area contributed by atoms with Crippen LogP contribution in [0.3, 0.4) is 0 Å². The van der Waals surface area contributed by atoms with E-state index in [9.17, 15) is 9.59 Å². The Bertz CT molecular complexity index is 874. The van der Waals surface area contributed by atoms with Crippen molar-refractivity contribution in [2.75, 3.05) is 13.1 Å². The number of carbonyl (C=O) groups excluding carboxylic acids is 2. The summed E-state index contributed by atoms with van der Waals surface area (Å²) >= 11 is 0. The highest BCUT2D eigenvalue weighted by Crippen LogP contribution is 2.20. The van der Waals surface area contributed by atoms with E-state index in [0.29, 0.717) is 25.2 Å². The molecule has 4 rings (SSSR count). The molecule has 0 bridgehead atoms. The number of hydrogen-bond donors (Lipinski definition) is 1. The van der Waals surface area contributed by atoms with Gasteiger partial charge in [0.1, 0.15) is 5.82 Å². The minimum absolute atomic E-state index is 0.0221. The lowest BCUT2D eigenvalue weighted by Gasteiger charge is -2.32. The highest BCUT2D eigenvalue weighted by molar-refractivity contribution is 5.95. The normalized spacial score (nSPS) is 19.0. The van der Waals surface area contributed by atoms with Gasteiger partial charge in [-0.05, 0) is 51.7 Å². The minimum Gasteiger partial charge on any atom is -0.350 e. The zero-order chi connectivity index (χ0) is 20.4. The number of likely N-dealkylation sites (tertiary alicyclic amines) is 1.